The Morgan fingerprint density at radius 1 is 1.38 bits per heavy atom. The summed E-state index contributed by atoms with van der Waals surface area (Å²) in [5.74, 6) is 0. The second kappa shape index (κ2) is 4.74. The molecule has 76 valence electrons. The highest BCUT2D eigenvalue weighted by Gasteiger charge is 2.21. The maximum atomic E-state index is 9.41. The first-order chi connectivity index (χ1) is 6.09. The summed E-state index contributed by atoms with van der Waals surface area (Å²) in [6.45, 7) is 1.01. The lowest BCUT2D eigenvalue weighted by Crippen LogP contribution is -2.29. The van der Waals surface area contributed by atoms with E-state index in [0.29, 0.717) is 12.8 Å². The van der Waals surface area contributed by atoms with E-state index in [1.54, 1.807) is 0 Å². The smallest absolute Gasteiger partial charge is 0.0839 e. The molecule has 0 saturated heterocycles. The van der Waals surface area contributed by atoms with Crippen molar-refractivity contribution >= 4 is 0 Å². The van der Waals surface area contributed by atoms with Gasteiger partial charge in [0.05, 0.1) is 12.2 Å². The molecule has 13 heavy (non-hydrogen) atoms. The lowest BCUT2D eigenvalue weighted by molar-refractivity contribution is 0.0161. The van der Waals surface area contributed by atoms with Crippen LogP contribution in [0, 0.1) is 0 Å². The molecule has 0 aromatic rings. The lowest BCUT2D eigenvalue weighted by atomic mass is 9.92. The fourth-order valence-corrected chi connectivity index (χ4v) is 1.50. The maximum absolute atomic E-state index is 9.41. The van der Waals surface area contributed by atoms with E-state index in [4.69, 9.17) is 0 Å². The van der Waals surface area contributed by atoms with Crippen LogP contribution in [0.15, 0.2) is 11.6 Å². The van der Waals surface area contributed by atoms with E-state index in [1.165, 1.54) is 5.57 Å². The zero-order valence-corrected chi connectivity index (χ0v) is 8.40. The van der Waals surface area contributed by atoms with Gasteiger partial charge in [0.15, 0.2) is 0 Å². The standard InChI is InChI=1S/C10H19NO2/c1-11(2)6-5-8-3-4-9(12)10(13)7-8/h3,9-10,12-13H,4-7H2,1-2H3. The Kier molecular flexibility index (Phi) is 3.90. The van der Waals surface area contributed by atoms with E-state index in [2.05, 4.69) is 11.0 Å². The number of aliphatic hydroxyl groups excluding tert-OH is 2. The summed E-state index contributed by atoms with van der Waals surface area (Å²) in [7, 11) is 4.07. The van der Waals surface area contributed by atoms with Crippen molar-refractivity contribution in [1.29, 1.82) is 0 Å². The minimum absolute atomic E-state index is 0.553. The Bertz CT molecular complexity index is 189. The van der Waals surface area contributed by atoms with Gasteiger partial charge < -0.3 is 15.1 Å². The van der Waals surface area contributed by atoms with E-state index >= 15 is 0 Å². The Labute approximate surface area is 79.7 Å². The van der Waals surface area contributed by atoms with Crippen LogP contribution in [0.3, 0.4) is 0 Å². The van der Waals surface area contributed by atoms with Crippen LogP contribution in [0.25, 0.3) is 0 Å². The summed E-state index contributed by atoms with van der Waals surface area (Å²) >= 11 is 0. The molecule has 0 radical (unpaired) electrons. The second-order valence-electron chi connectivity index (χ2n) is 3.99. The first kappa shape index (κ1) is 10.7. The monoisotopic (exact) mass is 185 g/mol. The van der Waals surface area contributed by atoms with E-state index in [1.807, 2.05) is 14.1 Å². The summed E-state index contributed by atoms with van der Waals surface area (Å²) in [5.41, 5.74) is 1.27. The van der Waals surface area contributed by atoms with Gasteiger partial charge >= 0.3 is 0 Å². The van der Waals surface area contributed by atoms with Crippen LogP contribution < -0.4 is 0 Å². The first-order valence-electron chi connectivity index (χ1n) is 4.78. The molecule has 0 aromatic carbocycles. The van der Waals surface area contributed by atoms with Crippen molar-refractivity contribution < 1.29 is 10.2 Å². The van der Waals surface area contributed by atoms with Gasteiger partial charge in [-0.2, -0.15) is 0 Å². The van der Waals surface area contributed by atoms with Gasteiger partial charge in [-0.05, 0) is 33.4 Å². The molecule has 0 bridgehead atoms. The van der Waals surface area contributed by atoms with E-state index in [9.17, 15) is 10.2 Å². The molecule has 1 aliphatic rings. The van der Waals surface area contributed by atoms with Crippen molar-refractivity contribution in [3.63, 3.8) is 0 Å². The highest BCUT2D eigenvalue weighted by atomic mass is 16.3. The number of aliphatic hydroxyl groups is 2. The van der Waals surface area contributed by atoms with E-state index < -0.39 is 12.2 Å². The van der Waals surface area contributed by atoms with E-state index in [0.717, 1.165) is 13.0 Å². The molecule has 3 nitrogen and oxygen atoms in total. The molecule has 0 spiro atoms. The van der Waals surface area contributed by atoms with Gasteiger partial charge in [0.2, 0.25) is 0 Å². The summed E-state index contributed by atoms with van der Waals surface area (Å²) in [6, 6.07) is 0. The molecule has 2 N–H and O–H groups in total. The molecule has 0 aliphatic heterocycles. The number of hydrogen-bond acceptors (Lipinski definition) is 3. The Morgan fingerprint density at radius 3 is 2.62 bits per heavy atom. The predicted octanol–water partition coefficient (Wildman–Crippen LogP) is 0.380. The SMILES string of the molecule is CN(C)CCC1=CCC(O)C(O)C1. The van der Waals surface area contributed by atoms with Crippen LogP contribution in [-0.4, -0.2) is 48.0 Å². The fourth-order valence-electron chi connectivity index (χ4n) is 1.50. The molecule has 0 amide bonds. The number of rotatable bonds is 3. The van der Waals surface area contributed by atoms with Crippen LogP contribution in [0.1, 0.15) is 19.3 Å². The van der Waals surface area contributed by atoms with Crippen LogP contribution in [-0.2, 0) is 0 Å². The van der Waals surface area contributed by atoms with Crippen molar-refractivity contribution in [1.82, 2.24) is 4.90 Å². The average molecular weight is 185 g/mol. The minimum atomic E-state index is -0.554. The molecule has 1 rings (SSSR count). The molecule has 0 saturated carbocycles. The van der Waals surface area contributed by atoms with E-state index in [-0.39, 0.29) is 0 Å². The molecule has 0 heterocycles. The molecule has 2 unspecified atom stereocenters. The van der Waals surface area contributed by atoms with Gasteiger partial charge in [-0.1, -0.05) is 11.6 Å². The summed E-state index contributed by atoms with van der Waals surface area (Å²) in [5, 5.41) is 18.7. The summed E-state index contributed by atoms with van der Waals surface area (Å²) < 4.78 is 0. The van der Waals surface area contributed by atoms with Gasteiger partial charge in [-0.15, -0.1) is 0 Å². The molecule has 1 aliphatic carbocycles. The highest BCUT2D eigenvalue weighted by molar-refractivity contribution is 5.09. The third-order valence-electron chi connectivity index (χ3n) is 2.44. The highest BCUT2D eigenvalue weighted by Crippen LogP contribution is 2.21. The Balaban J connectivity index is 2.35. The topological polar surface area (TPSA) is 43.7 Å². The molecular weight excluding hydrogens is 166 g/mol. The summed E-state index contributed by atoms with van der Waals surface area (Å²) in [4.78, 5) is 2.12. The van der Waals surface area contributed by atoms with Crippen molar-refractivity contribution in [2.24, 2.45) is 0 Å². The lowest BCUT2D eigenvalue weighted by Gasteiger charge is -2.24. The molecule has 3 heteroatoms. The number of nitrogens with zero attached hydrogens (tertiary/aromatic N) is 1. The molecule has 2 atom stereocenters. The molecule has 0 aromatic heterocycles. The van der Waals surface area contributed by atoms with Crippen LogP contribution in [0.5, 0.6) is 0 Å². The largest absolute Gasteiger partial charge is 0.390 e. The fraction of sp³-hybridized carbons (Fsp3) is 0.800. The zero-order chi connectivity index (χ0) is 9.84. The quantitative estimate of drug-likeness (QED) is 0.625. The zero-order valence-electron chi connectivity index (χ0n) is 8.40. The summed E-state index contributed by atoms with van der Waals surface area (Å²) in [6.07, 6.45) is 3.18. The van der Waals surface area contributed by atoms with Crippen LogP contribution in [0.4, 0.5) is 0 Å². The van der Waals surface area contributed by atoms with Crippen LogP contribution in [0.2, 0.25) is 0 Å². The van der Waals surface area contributed by atoms with Gasteiger partial charge in [0.1, 0.15) is 0 Å². The Morgan fingerprint density at radius 2 is 2.08 bits per heavy atom. The first-order valence-corrected chi connectivity index (χ1v) is 4.78. The van der Waals surface area contributed by atoms with Crippen molar-refractivity contribution in [2.45, 2.75) is 31.5 Å². The third-order valence-corrected chi connectivity index (χ3v) is 2.44. The average Bonchev–Trinajstić information content (AvgIpc) is 2.07. The van der Waals surface area contributed by atoms with Crippen molar-refractivity contribution in [3.8, 4) is 0 Å². The molecule has 0 fully saturated rings. The van der Waals surface area contributed by atoms with Crippen LogP contribution >= 0.6 is 0 Å². The van der Waals surface area contributed by atoms with Gasteiger partial charge in [0.25, 0.3) is 0 Å². The second-order valence-corrected chi connectivity index (χ2v) is 3.99. The number of hydrogen-bond donors (Lipinski definition) is 2. The molecular formula is C10H19NO2. The van der Waals surface area contributed by atoms with Gasteiger partial charge in [-0.25, -0.2) is 0 Å². The predicted molar refractivity (Wildman–Crippen MR) is 52.5 cm³/mol. The minimum Gasteiger partial charge on any atom is -0.390 e. The normalized spacial score (nSPS) is 29.2. The van der Waals surface area contributed by atoms with Crippen molar-refractivity contribution in [3.05, 3.63) is 11.6 Å². The Hall–Kier alpha value is -0.380. The third kappa shape index (κ3) is 3.46. The van der Waals surface area contributed by atoms with Crippen molar-refractivity contribution in [2.75, 3.05) is 20.6 Å². The maximum Gasteiger partial charge on any atom is 0.0839 e. The van der Waals surface area contributed by atoms with Gasteiger partial charge in [0, 0.05) is 6.54 Å². The van der Waals surface area contributed by atoms with Gasteiger partial charge in [-0.3, -0.25) is 0 Å².